The van der Waals surface area contributed by atoms with Gasteiger partial charge in [-0.1, -0.05) is 44.2 Å². The molecule has 6 nitrogen and oxygen atoms in total. The average Bonchev–Trinajstić information content (AvgIpc) is 3.21. The second-order valence-electron chi connectivity index (χ2n) is 8.81. The fourth-order valence-corrected chi connectivity index (χ4v) is 4.53. The van der Waals surface area contributed by atoms with Gasteiger partial charge in [-0.05, 0) is 35.6 Å². The SMILES string of the molecule is C[C](C)CN1CC=C(c2cccc3cnn(CCc4cn5ccccc5n4)c(=O)c23)CC1. The maximum atomic E-state index is 13.4. The van der Waals surface area contributed by atoms with Crippen LogP contribution in [-0.4, -0.2) is 43.7 Å². The van der Waals surface area contributed by atoms with E-state index in [-0.39, 0.29) is 5.56 Å². The number of benzene rings is 1. The highest BCUT2D eigenvalue weighted by Gasteiger charge is 2.17. The summed E-state index contributed by atoms with van der Waals surface area (Å²) in [6, 6.07) is 12.0. The van der Waals surface area contributed by atoms with Gasteiger partial charge >= 0.3 is 0 Å². The molecule has 5 rings (SSSR count). The van der Waals surface area contributed by atoms with Crippen LogP contribution < -0.4 is 5.56 Å². The molecule has 0 atom stereocenters. The van der Waals surface area contributed by atoms with E-state index in [1.807, 2.05) is 53.3 Å². The molecule has 4 heterocycles. The molecule has 1 aliphatic heterocycles. The number of rotatable bonds is 6. The van der Waals surface area contributed by atoms with Gasteiger partial charge in [-0.3, -0.25) is 9.69 Å². The second kappa shape index (κ2) is 8.71. The molecule has 4 aromatic rings. The van der Waals surface area contributed by atoms with Crippen LogP contribution >= 0.6 is 0 Å². The lowest BCUT2D eigenvalue weighted by molar-refractivity contribution is 0.313. The zero-order valence-electron chi connectivity index (χ0n) is 18.7. The van der Waals surface area contributed by atoms with Gasteiger partial charge in [0.2, 0.25) is 0 Å². The molecular formula is C26H28N5O. The molecule has 6 heteroatoms. The fourth-order valence-electron chi connectivity index (χ4n) is 4.53. The van der Waals surface area contributed by atoms with E-state index in [9.17, 15) is 4.79 Å². The molecule has 32 heavy (non-hydrogen) atoms. The van der Waals surface area contributed by atoms with Gasteiger partial charge in [-0.25, -0.2) is 9.67 Å². The Morgan fingerprint density at radius 3 is 2.81 bits per heavy atom. The smallest absolute Gasteiger partial charge is 0.275 e. The first kappa shape index (κ1) is 20.6. The number of imidazole rings is 1. The minimum absolute atomic E-state index is 0.0251. The van der Waals surface area contributed by atoms with Crippen LogP contribution in [0.3, 0.4) is 0 Å². The number of aromatic nitrogens is 4. The Morgan fingerprint density at radius 1 is 1.12 bits per heavy atom. The predicted molar refractivity (Wildman–Crippen MR) is 129 cm³/mol. The van der Waals surface area contributed by atoms with Crippen LogP contribution in [0.4, 0.5) is 0 Å². The van der Waals surface area contributed by atoms with Crippen molar-refractivity contribution in [1.29, 1.82) is 0 Å². The highest BCUT2D eigenvalue weighted by atomic mass is 16.1. The third-order valence-electron chi connectivity index (χ3n) is 6.05. The van der Waals surface area contributed by atoms with Crippen molar-refractivity contribution >= 4 is 22.0 Å². The lowest BCUT2D eigenvalue weighted by atomic mass is 9.95. The van der Waals surface area contributed by atoms with Crippen molar-refractivity contribution < 1.29 is 0 Å². The molecule has 0 N–H and O–H groups in total. The molecule has 0 unspecified atom stereocenters. The molecule has 0 spiro atoms. The Balaban J connectivity index is 1.43. The zero-order valence-corrected chi connectivity index (χ0v) is 18.7. The molecule has 0 bridgehead atoms. The van der Waals surface area contributed by atoms with E-state index in [1.165, 1.54) is 11.5 Å². The lowest BCUT2D eigenvalue weighted by Crippen LogP contribution is -2.31. The average molecular weight is 427 g/mol. The molecule has 1 radical (unpaired) electrons. The van der Waals surface area contributed by atoms with Gasteiger partial charge in [-0.15, -0.1) is 0 Å². The van der Waals surface area contributed by atoms with Crippen molar-refractivity contribution in [2.45, 2.75) is 33.2 Å². The number of hydrogen-bond donors (Lipinski definition) is 0. The Labute approximate surface area is 187 Å². The van der Waals surface area contributed by atoms with Crippen molar-refractivity contribution in [2.75, 3.05) is 19.6 Å². The topological polar surface area (TPSA) is 55.4 Å². The molecule has 163 valence electrons. The quantitative estimate of drug-likeness (QED) is 0.468. The van der Waals surface area contributed by atoms with Gasteiger partial charge in [0.25, 0.3) is 5.56 Å². The second-order valence-corrected chi connectivity index (χ2v) is 8.81. The minimum atomic E-state index is -0.0251. The zero-order chi connectivity index (χ0) is 22.1. The summed E-state index contributed by atoms with van der Waals surface area (Å²) >= 11 is 0. The van der Waals surface area contributed by atoms with Crippen LogP contribution in [-0.2, 0) is 13.0 Å². The van der Waals surface area contributed by atoms with E-state index in [2.05, 4.69) is 41.0 Å². The van der Waals surface area contributed by atoms with Crippen molar-refractivity contribution in [1.82, 2.24) is 24.1 Å². The molecule has 0 amide bonds. The van der Waals surface area contributed by atoms with Crippen molar-refractivity contribution in [3.8, 4) is 0 Å². The summed E-state index contributed by atoms with van der Waals surface area (Å²) in [5.41, 5.74) is 4.15. The van der Waals surface area contributed by atoms with Crippen LogP contribution in [0.25, 0.3) is 22.0 Å². The summed E-state index contributed by atoms with van der Waals surface area (Å²) in [6.07, 6.45) is 9.71. The van der Waals surface area contributed by atoms with Crippen LogP contribution in [0.2, 0.25) is 0 Å². The van der Waals surface area contributed by atoms with Gasteiger partial charge in [0.05, 0.1) is 23.8 Å². The van der Waals surface area contributed by atoms with E-state index in [4.69, 9.17) is 0 Å². The standard InChI is InChI=1S/C26H28N5O/c1-19(2)17-29-13-9-20(10-14-29)23-7-5-6-21-16-27-31(26(32)25(21)23)15-11-22-18-30-12-4-3-8-24(30)28-22/h3-9,12,16,18H,10-11,13-15,17H2,1-2H3. The molecule has 1 aromatic carbocycles. The fraction of sp³-hybridized carbons (Fsp3) is 0.308. The van der Waals surface area contributed by atoms with E-state index in [0.29, 0.717) is 13.0 Å². The maximum Gasteiger partial charge on any atom is 0.275 e. The molecule has 0 saturated carbocycles. The maximum absolute atomic E-state index is 13.4. The monoisotopic (exact) mass is 426 g/mol. The summed E-state index contributed by atoms with van der Waals surface area (Å²) in [7, 11) is 0. The van der Waals surface area contributed by atoms with Crippen LogP contribution in [0.15, 0.2) is 65.9 Å². The van der Waals surface area contributed by atoms with Crippen LogP contribution in [0.1, 0.15) is 31.5 Å². The van der Waals surface area contributed by atoms with Crippen molar-refractivity contribution in [3.05, 3.63) is 88.6 Å². The molecule has 0 saturated heterocycles. The van der Waals surface area contributed by atoms with Crippen LogP contribution in [0.5, 0.6) is 0 Å². The lowest BCUT2D eigenvalue weighted by Gasteiger charge is -2.28. The highest BCUT2D eigenvalue weighted by molar-refractivity contribution is 5.93. The van der Waals surface area contributed by atoms with Gasteiger partial charge in [-0.2, -0.15) is 5.10 Å². The van der Waals surface area contributed by atoms with Crippen molar-refractivity contribution in [2.24, 2.45) is 0 Å². The first-order valence-electron chi connectivity index (χ1n) is 11.2. The Bertz CT molecular complexity index is 1310. The van der Waals surface area contributed by atoms with Gasteiger partial charge in [0.1, 0.15) is 5.65 Å². The number of aryl methyl sites for hydroxylation is 2. The Morgan fingerprint density at radius 2 is 2.03 bits per heavy atom. The number of pyridine rings is 1. The largest absolute Gasteiger partial charge is 0.307 e. The van der Waals surface area contributed by atoms with Gasteiger partial charge in [0.15, 0.2) is 0 Å². The molecule has 1 aliphatic rings. The van der Waals surface area contributed by atoms with Crippen molar-refractivity contribution in [3.63, 3.8) is 0 Å². The molecule has 0 aliphatic carbocycles. The highest BCUT2D eigenvalue weighted by Crippen LogP contribution is 2.27. The van der Waals surface area contributed by atoms with Gasteiger partial charge in [0, 0.05) is 43.8 Å². The van der Waals surface area contributed by atoms with E-state index in [1.54, 1.807) is 4.68 Å². The summed E-state index contributed by atoms with van der Waals surface area (Å²) in [6.45, 7) is 7.81. The van der Waals surface area contributed by atoms with Gasteiger partial charge < -0.3 is 4.40 Å². The Kier molecular flexibility index (Phi) is 5.62. The first-order chi connectivity index (χ1) is 15.6. The Hall–Kier alpha value is -3.25. The third-order valence-corrected chi connectivity index (χ3v) is 6.05. The van der Waals surface area contributed by atoms with Crippen LogP contribution in [0, 0.1) is 5.92 Å². The molecule has 0 fully saturated rings. The minimum Gasteiger partial charge on any atom is -0.307 e. The van der Waals surface area contributed by atoms with E-state index in [0.717, 1.165) is 53.7 Å². The summed E-state index contributed by atoms with van der Waals surface area (Å²) in [5, 5.41) is 6.12. The number of nitrogens with zero attached hydrogens (tertiary/aromatic N) is 5. The number of hydrogen-bond acceptors (Lipinski definition) is 4. The molecule has 3 aromatic heterocycles. The predicted octanol–water partition coefficient (Wildman–Crippen LogP) is 3.99. The van der Waals surface area contributed by atoms with E-state index >= 15 is 0 Å². The first-order valence-corrected chi connectivity index (χ1v) is 11.2. The summed E-state index contributed by atoms with van der Waals surface area (Å²) < 4.78 is 3.58. The third kappa shape index (κ3) is 4.10. The summed E-state index contributed by atoms with van der Waals surface area (Å²) in [5.74, 6) is 1.42. The molecular weight excluding hydrogens is 398 g/mol. The normalized spacial score (nSPS) is 15.0. The summed E-state index contributed by atoms with van der Waals surface area (Å²) in [4.78, 5) is 20.5. The number of fused-ring (bicyclic) bond motifs is 2. The van der Waals surface area contributed by atoms with E-state index < -0.39 is 0 Å².